The summed E-state index contributed by atoms with van der Waals surface area (Å²) in [5, 5.41) is 12.6. The van der Waals surface area contributed by atoms with Crippen molar-refractivity contribution in [2.24, 2.45) is 0 Å². The lowest BCUT2D eigenvalue weighted by molar-refractivity contribution is 0.102. The number of carbonyl (C=O) groups excluding carboxylic acids is 1. The molecule has 2 aromatic rings. The van der Waals surface area contributed by atoms with E-state index in [0.717, 1.165) is 0 Å². The first-order chi connectivity index (χ1) is 8.97. The van der Waals surface area contributed by atoms with Crippen molar-refractivity contribution in [1.29, 1.82) is 0 Å². The number of carbonyl (C=O) groups is 1. The van der Waals surface area contributed by atoms with Gasteiger partial charge in [-0.15, -0.1) is 0 Å². The van der Waals surface area contributed by atoms with Crippen LogP contribution >= 0.6 is 34.2 Å². The molecule has 0 saturated carbocycles. The molecule has 3 nitrogen and oxygen atoms in total. The number of aromatic hydroxyl groups is 1. The molecule has 0 unspecified atom stereocenters. The van der Waals surface area contributed by atoms with Crippen LogP contribution in [0.4, 0.5) is 10.1 Å². The van der Waals surface area contributed by atoms with Crippen molar-refractivity contribution in [3.8, 4) is 5.75 Å². The normalized spacial score (nSPS) is 10.3. The standard InChI is InChI=1S/C13H8ClFINO2/c14-7-1-3-9(12(18)5-7)13(19)17-11-4-2-8(15)6-10(11)16/h1-6,18H,(H,17,19). The van der Waals surface area contributed by atoms with Gasteiger partial charge in [-0.2, -0.15) is 0 Å². The molecule has 0 spiro atoms. The van der Waals surface area contributed by atoms with Crippen LogP contribution in [-0.4, -0.2) is 11.0 Å². The summed E-state index contributed by atoms with van der Waals surface area (Å²) in [5.74, 6) is -1.07. The molecule has 2 rings (SSSR count). The highest BCUT2D eigenvalue weighted by Gasteiger charge is 2.13. The summed E-state index contributed by atoms with van der Waals surface area (Å²) in [6.07, 6.45) is 0. The summed E-state index contributed by atoms with van der Waals surface area (Å²) in [5.41, 5.74) is 0.575. The number of phenolic OH excluding ortho intramolecular Hbond substituents is 1. The molecular formula is C13H8ClFINO2. The second-order valence-electron chi connectivity index (χ2n) is 3.74. The molecule has 0 atom stereocenters. The van der Waals surface area contributed by atoms with Gasteiger partial charge in [0.15, 0.2) is 0 Å². The van der Waals surface area contributed by atoms with E-state index in [1.807, 2.05) is 22.6 Å². The molecule has 0 aliphatic heterocycles. The number of benzene rings is 2. The van der Waals surface area contributed by atoms with Crippen LogP contribution in [0.25, 0.3) is 0 Å². The Morgan fingerprint density at radius 1 is 1.26 bits per heavy atom. The Balaban J connectivity index is 2.25. The van der Waals surface area contributed by atoms with Gasteiger partial charge in [-0.25, -0.2) is 4.39 Å². The lowest BCUT2D eigenvalue weighted by Gasteiger charge is -2.08. The van der Waals surface area contributed by atoms with Crippen molar-refractivity contribution < 1.29 is 14.3 Å². The second-order valence-corrected chi connectivity index (χ2v) is 5.34. The van der Waals surface area contributed by atoms with Gasteiger partial charge in [-0.1, -0.05) is 11.6 Å². The number of rotatable bonds is 2. The summed E-state index contributed by atoms with van der Waals surface area (Å²) in [6, 6.07) is 8.22. The lowest BCUT2D eigenvalue weighted by atomic mass is 10.2. The van der Waals surface area contributed by atoms with E-state index in [1.165, 1.54) is 36.4 Å². The van der Waals surface area contributed by atoms with Crippen molar-refractivity contribution >= 4 is 45.8 Å². The van der Waals surface area contributed by atoms with Gasteiger partial charge in [-0.3, -0.25) is 4.79 Å². The topological polar surface area (TPSA) is 49.3 Å². The van der Waals surface area contributed by atoms with Gasteiger partial charge in [0.25, 0.3) is 5.91 Å². The predicted molar refractivity (Wildman–Crippen MR) is 80.2 cm³/mol. The Morgan fingerprint density at radius 3 is 2.63 bits per heavy atom. The molecule has 0 heterocycles. The van der Waals surface area contributed by atoms with E-state index < -0.39 is 5.91 Å². The number of phenols is 1. The third kappa shape index (κ3) is 3.36. The minimum atomic E-state index is -0.487. The number of amides is 1. The van der Waals surface area contributed by atoms with Crippen LogP contribution in [0, 0.1) is 9.39 Å². The Kier molecular flexibility index (Phi) is 4.26. The van der Waals surface area contributed by atoms with Crippen LogP contribution in [0.3, 0.4) is 0 Å². The zero-order valence-corrected chi connectivity index (χ0v) is 12.4. The fraction of sp³-hybridized carbons (Fsp3) is 0. The Morgan fingerprint density at radius 2 is 2.00 bits per heavy atom. The van der Waals surface area contributed by atoms with Crippen molar-refractivity contribution in [1.82, 2.24) is 0 Å². The van der Waals surface area contributed by atoms with Crippen LogP contribution in [0.15, 0.2) is 36.4 Å². The van der Waals surface area contributed by atoms with Crippen molar-refractivity contribution in [3.05, 3.63) is 56.4 Å². The summed E-state index contributed by atoms with van der Waals surface area (Å²) in [7, 11) is 0. The number of anilines is 1. The van der Waals surface area contributed by atoms with Gasteiger partial charge in [0.2, 0.25) is 0 Å². The third-order valence-corrected chi connectivity index (χ3v) is 3.51. The molecule has 2 aromatic carbocycles. The summed E-state index contributed by atoms with van der Waals surface area (Å²) in [4.78, 5) is 12.0. The molecule has 6 heteroatoms. The molecule has 0 bridgehead atoms. The van der Waals surface area contributed by atoms with Gasteiger partial charge in [0, 0.05) is 8.59 Å². The maximum atomic E-state index is 12.9. The van der Waals surface area contributed by atoms with E-state index in [4.69, 9.17) is 11.6 Å². The van der Waals surface area contributed by atoms with E-state index in [-0.39, 0.29) is 17.1 Å². The molecule has 0 fully saturated rings. The van der Waals surface area contributed by atoms with Crippen molar-refractivity contribution in [2.75, 3.05) is 5.32 Å². The Labute approximate surface area is 127 Å². The number of nitrogens with one attached hydrogen (secondary N) is 1. The summed E-state index contributed by atoms with van der Waals surface area (Å²) in [6.45, 7) is 0. The van der Waals surface area contributed by atoms with Crippen LogP contribution in [0.2, 0.25) is 5.02 Å². The molecule has 19 heavy (non-hydrogen) atoms. The average molecular weight is 392 g/mol. The van der Waals surface area contributed by atoms with Gasteiger partial charge in [-0.05, 0) is 59.0 Å². The zero-order chi connectivity index (χ0) is 14.0. The first-order valence-corrected chi connectivity index (χ1v) is 6.68. The Bertz CT molecular complexity index is 649. The maximum Gasteiger partial charge on any atom is 0.259 e. The largest absolute Gasteiger partial charge is 0.507 e. The first-order valence-electron chi connectivity index (χ1n) is 5.22. The zero-order valence-electron chi connectivity index (χ0n) is 9.45. The molecule has 0 aliphatic rings. The van der Waals surface area contributed by atoms with Crippen LogP contribution in [-0.2, 0) is 0 Å². The fourth-order valence-electron chi connectivity index (χ4n) is 1.48. The van der Waals surface area contributed by atoms with E-state index >= 15 is 0 Å². The SMILES string of the molecule is O=C(Nc1ccc(F)cc1I)c1ccc(Cl)cc1O. The van der Waals surface area contributed by atoms with Gasteiger partial charge < -0.3 is 10.4 Å². The van der Waals surface area contributed by atoms with E-state index in [9.17, 15) is 14.3 Å². The molecule has 0 radical (unpaired) electrons. The molecule has 0 aliphatic carbocycles. The van der Waals surface area contributed by atoms with Crippen LogP contribution < -0.4 is 5.32 Å². The summed E-state index contributed by atoms with van der Waals surface area (Å²) >= 11 is 7.60. The highest BCUT2D eigenvalue weighted by Crippen LogP contribution is 2.24. The first kappa shape index (κ1) is 14.1. The number of hydrogen-bond donors (Lipinski definition) is 2. The molecule has 1 amide bonds. The minimum Gasteiger partial charge on any atom is -0.507 e. The Hall–Kier alpha value is -1.34. The number of hydrogen-bond acceptors (Lipinski definition) is 2. The fourth-order valence-corrected chi connectivity index (χ4v) is 2.26. The molecule has 98 valence electrons. The lowest BCUT2D eigenvalue weighted by Crippen LogP contribution is -2.13. The van der Waals surface area contributed by atoms with Gasteiger partial charge >= 0.3 is 0 Å². The van der Waals surface area contributed by atoms with Gasteiger partial charge in [0.05, 0.1) is 11.3 Å². The van der Waals surface area contributed by atoms with Crippen molar-refractivity contribution in [2.45, 2.75) is 0 Å². The predicted octanol–water partition coefficient (Wildman–Crippen LogP) is 4.04. The molecular weight excluding hydrogens is 384 g/mol. The number of halogens is 3. The third-order valence-electron chi connectivity index (χ3n) is 2.38. The summed E-state index contributed by atoms with van der Waals surface area (Å²) < 4.78 is 13.5. The molecule has 0 aromatic heterocycles. The van der Waals surface area contributed by atoms with Crippen molar-refractivity contribution in [3.63, 3.8) is 0 Å². The monoisotopic (exact) mass is 391 g/mol. The highest BCUT2D eigenvalue weighted by molar-refractivity contribution is 14.1. The quantitative estimate of drug-likeness (QED) is 0.759. The van der Waals surface area contributed by atoms with Crippen LogP contribution in [0.1, 0.15) is 10.4 Å². The van der Waals surface area contributed by atoms with E-state index in [2.05, 4.69) is 5.32 Å². The van der Waals surface area contributed by atoms with Gasteiger partial charge in [0.1, 0.15) is 11.6 Å². The highest BCUT2D eigenvalue weighted by atomic mass is 127. The maximum absolute atomic E-state index is 12.9. The van der Waals surface area contributed by atoms with E-state index in [1.54, 1.807) is 0 Å². The minimum absolute atomic E-state index is 0.101. The smallest absolute Gasteiger partial charge is 0.259 e. The average Bonchev–Trinajstić information content (AvgIpc) is 2.32. The van der Waals surface area contributed by atoms with E-state index in [0.29, 0.717) is 14.3 Å². The molecule has 2 N–H and O–H groups in total. The molecule has 0 saturated heterocycles. The second kappa shape index (κ2) is 5.75. The van der Waals surface area contributed by atoms with Crippen LogP contribution in [0.5, 0.6) is 5.75 Å².